The lowest BCUT2D eigenvalue weighted by molar-refractivity contribution is 0.592. The van der Waals surface area contributed by atoms with Crippen molar-refractivity contribution in [3.63, 3.8) is 0 Å². The van der Waals surface area contributed by atoms with Crippen molar-refractivity contribution in [3.8, 4) is 11.1 Å². The molecule has 0 saturated carbocycles. The van der Waals surface area contributed by atoms with E-state index in [-0.39, 0.29) is 0 Å². The maximum Gasteiger partial charge on any atom is 0.171 e. The summed E-state index contributed by atoms with van der Waals surface area (Å²) < 4.78 is 14.7. The molecule has 2 aliphatic carbocycles. The normalized spacial score (nSPS) is 13.8. The zero-order valence-corrected chi connectivity index (χ0v) is 20.8. The zero-order valence-electron chi connectivity index (χ0n) is 19.9. The molecule has 0 bridgehead atoms. The van der Waals surface area contributed by atoms with E-state index < -0.39 is 7.14 Å². The van der Waals surface area contributed by atoms with Crippen molar-refractivity contribution in [2.75, 3.05) is 0 Å². The van der Waals surface area contributed by atoms with Crippen LogP contribution in [0.3, 0.4) is 0 Å². The molecule has 0 fully saturated rings. The molecule has 0 spiro atoms. The van der Waals surface area contributed by atoms with Crippen molar-refractivity contribution in [2.45, 2.75) is 12.8 Å². The van der Waals surface area contributed by atoms with E-state index in [0.29, 0.717) is 0 Å². The Bertz CT molecular complexity index is 1680. The quantitative estimate of drug-likeness (QED) is 0.247. The zero-order chi connectivity index (χ0) is 24.1. The topological polar surface area (TPSA) is 17.1 Å². The number of hydrogen-bond donors (Lipinski definition) is 0. The van der Waals surface area contributed by atoms with Crippen molar-refractivity contribution in [1.82, 2.24) is 0 Å². The Kier molecular flexibility index (Phi) is 4.94. The predicted molar refractivity (Wildman–Crippen MR) is 154 cm³/mol. The molecule has 1 nitrogen and oxygen atoms in total. The van der Waals surface area contributed by atoms with Gasteiger partial charge in [0.05, 0.1) is 0 Å². The number of allylic oxidation sites excluding steroid dienone is 2. The van der Waals surface area contributed by atoms with Gasteiger partial charge in [-0.05, 0) is 63.1 Å². The summed E-state index contributed by atoms with van der Waals surface area (Å²) in [4.78, 5) is 0. The van der Waals surface area contributed by atoms with Crippen LogP contribution in [0, 0.1) is 0 Å². The van der Waals surface area contributed by atoms with E-state index in [9.17, 15) is 4.57 Å². The first-order chi connectivity index (χ1) is 17.7. The monoisotopic (exact) mass is 480 g/mol. The molecule has 5 aromatic rings. The Morgan fingerprint density at radius 2 is 1.11 bits per heavy atom. The SMILES string of the molecule is O=P(c1ccccc1)(c1ccccc1)c1ccc(-c2cc3c4c(ccc5c4c2CC=C5)C=CC3)cc1. The third kappa shape index (κ3) is 3.20. The van der Waals surface area contributed by atoms with E-state index in [0.717, 1.165) is 28.8 Å². The van der Waals surface area contributed by atoms with E-state index in [2.05, 4.69) is 66.8 Å². The van der Waals surface area contributed by atoms with Gasteiger partial charge in [0.1, 0.15) is 0 Å². The van der Waals surface area contributed by atoms with Crippen molar-refractivity contribution in [1.29, 1.82) is 0 Å². The standard InChI is InChI=1S/C34H25OP/c35-36(28-12-3-1-4-13-28,29-14-5-2-6-15-29)30-21-19-24(20-22-30)32-23-27-11-7-9-25-17-18-26-10-8-16-31(32)34(26)33(25)27/h1-10,12-15,17-23H,11,16H2. The minimum absolute atomic E-state index is 0.864. The Labute approximate surface area is 211 Å². The van der Waals surface area contributed by atoms with Crippen LogP contribution >= 0.6 is 7.14 Å². The highest BCUT2D eigenvalue weighted by molar-refractivity contribution is 7.85. The lowest BCUT2D eigenvalue weighted by Gasteiger charge is -2.24. The molecule has 0 amide bonds. The third-order valence-electron chi connectivity index (χ3n) is 7.57. The molecular weight excluding hydrogens is 455 g/mol. The van der Waals surface area contributed by atoms with Crippen LogP contribution in [0.15, 0.2) is 115 Å². The highest BCUT2D eigenvalue weighted by Gasteiger charge is 2.29. The van der Waals surface area contributed by atoms with Crippen LogP contribution in [0.1, 0.15) is 22.3 Å². The second-order valence-electron chi connectivity index (χ2n) is 9.60. The van der Waals surface area contributed by atoms with Gasteiger partial charge in [-0.1, -0.05) is 121 Å². The summed E-state index contributed by atoms with van der Waals surface area (Å²) in [5.74, 6) is 0. The fraction of sp³-hybridized carbons (Fsp3) is 0.0588. The molecule has 0 aliphatic heterocycles. The van der Waals surface area contributed by atoms with Crippen molar-refractivity contribution < 1.29 is 4.57 Å². The summed E-state index contributed by atoms with van der Waals surface area (Å²) in [6.07, 6.45) is 10.9. The Balaban J connectivity index is 1.40. The number of hydrogen-bond acceptors (Lipinski definition) is 1. The molecule has 0 radical (unpaired) electrons. The molecule has 0 atom stereocenters. The van der Waals surface area contributed by atoms with Crippen LogP contribution in [0.4, 0.5) is 0 Å². The number of rotatable bonds is 4. The molecule has 172 valence electrons. The highest BCUT2D eigenvalue weighted by Crippen LogP contribution is 2.44. The highest BCUT2D eigenvalue weighted by atomic mass is 31.2. The summed E-state index contributed by atoms with van der Waals surface area (Å²) in [5.41, 5.74) is 7.88. The van der Waals surface area contributed by atoms with Crippen LogP contribution in [0.5, 0.6) is 0 Å². The summed E-state index contributed by atoms with van der Waals surface area (Å²) in [6.45, 7) is 0. The first kappa shape index (κ1) is 21.4. The van der Waals surface area contributed by atoms with E-state index in [1.165, 1.54) is 44.2 Å². The average Bonchev–Trinajstić information content (AvgIpc) is 2.96. The van der Waals surface area contributed by atoms with Gasteiger partial charge in [0, 0.05) is 15.9 Å². The fourth-order valence-electron chi connectivity index (χ4n) is 5.87. The molecule has 7 rings (SSSR count). The van der Waals surface area contributed by atoms with Gasteiger partial charge in [0.2, 0.25) is 0 Å². The molecule has 2 heteroatoms. The smallest absolute Gasteiger partial charge is 0.171 e. The largest absolute Gasteiger partial charge is 0.309 e. The molecule has 0 saturated heterocycles. The molecule has 2 aliphatic rings. The van der Waals surface area contributed by atoms with Crippen LogP contribution in [0.25, 0.3) is 34.1 Å². The summed E-state index contributed by atoms with van der Waals surface area (Å²) in [6, 6.07) is 35.1. The minimum atomic E-state index is -2.98. The summed E-state index contributed by atoms with van der Waals surface area (Å²) in [7, 11) is -2.98. The van der Waals surface area contributed by atoms with E-state index in [4.69, 9.17) is 0 Å². The van der Waals surface area contributed by atoms with Gasteiger partial charge in [0.25, 0.3) is 0 Å². The summed E-state index contributed by atoms with van der Waals surface area (Å²) in [5, 5.41) is 5.40. The molecule has 0 N–H and O–H groups in total. The van der Waals surface area contributed by atoms with Gasteiger partial charge in [-0.25, -0.2) is 0 Å². The molecule has 0 heterocycles. The maximum atomic E-state index is 14.7. The predicted octanol–water partition coefficient (Wildman–Crippen LogP) is 7.28. The minimum Gasteiger partial charge on any atom is -0.309 e. The summed E-state index contributed by atoms with van der Waals surface area (Å²) >= 11 is 0. The van der Waals surface area contributed by atoms with Crippen molar-refractivity contribution in [2.24, 2.45) is 0 Å². The van der Waals surface area contributed by atoms with Gasteiger partial charge in [-0.2, -0.15) is 0 Å². The number of benzene rings is 5. The second kappa shape index (κ2) is 8.33. The molecule has 0 unspecified atom stereocenters. The Morgan fingerprint density at radius 3 is 1.75 bits per heavy atom. The molecule has 0 aromatic heterocycles. The van der Waals surface area contributed by atoms with Crippen LogP contribution in [0.2, 0.25) is 0 Å². The molecule has 5 aromatic carbocycles. The first-order valence-electron chi connectivity index (χ1n) is 12.5. The third-order valence-corrected chi connectivity index (χ3v) is 10.6. The van der Waals surface area contributed by atoms with Gasteiger partial charge < -0.3 is 4.57 Å². The molecule has 36 heavy (non-hydrogen) atoms. The Morgan fingerprint density at radius 1 is 0.556 bits per heavy atom. The Hall–Kier alpha value is -3.93. The lowest BCUT2D eigenvalue weighted by Crippen LogP contribution is -2.24. The first-order valence-corrected chi connectivity index (χ1v) is 14.2. The van der Waals surface area contributed by atoms with E-state index in [1.807, 2.05) is 60.7 Å². The van der Waals surface area contributed by atoms with E-state index >= 15 is 0 Å². The molecular formula is C34H25OP. The van der Waals surface area contributed by atoms with Crippen LogP contribution < -0.4 is 15.9 Å². The van der Waals surface area contributed by atoms with Gasteiger partial charge >= 0.3 is 0 Å². The van der Waals surface area contributed by atoms with Crippen LogP contribution in [-0.2, 0) is 17.4 Å². The fourth-order valence-corrected chi connectivity index (χ4v) is 8.52. The maximum absolute atomic E-state index is 14.7. The van der Waals surface area contributed by atoms with Crippen LogP contribution in [-0.4, -0.2) is 0 Å². The average molecular weight is 481 g/mol. The van der Waals surface area contributed by atoms with Gasteiger partial charge in [0.15, 0.2) is 7.14 Å². The van der Waals surface area contributed by atoms with Crippen molar-refractivity contribution >= 4 is 46.0 Å². The van der Waals surface area contributed by atoms with Gasteiger partial charge in [-0.15, -0.1) is 0 Å². The van der Waals surface area contributed by atoms with E-state index in [1.54, 1.807) is 0 Å². The lowest BCUT2D eigenvalue weighted by atomic mass is 9.81. The second-order valence-corrected chi connectivity index (χ2v) is 12.4. The van der Waals surface area contributed by atoms with Gasteiger partial charge in [-0.3, -0.25) is 0 Å². The van der Waals surface area contributed by atoms with Crippen molar-refractivity contribution in [3.05, 3.63) is 138 Å².